The highest BCUT2D eigenvalue weighted by Gasteiger charge is 2.47. The number of amides is 1. The minimum Gasteiger partial charge on any atom is -0.445 e. The van der Waals surface area contributed by atoms with Crippen molar-refractivity contribution in [2.75, 3.05) is 26.8 Å². The van der Waals surface area contributed by atoms with Crippen LogP contribution in [-0.2, 0) is 16.2 Å². The molecule has 1 amide bonds. The van der Waals surface area contributed by atoms with Crippen molar-refractivity contribution in [3.63, 3.8) is 0 Å². The molecule has 1 aromatic carbocycles. The fourth-order valence-corrected chi connectivity index (χ4v) is 2.25. The number of benzene rings is 1. The number of hydrogen-bond donors (Lipinski definition) is 1. The van der Waals surface area contributed by atoms with Gasteiger partial charge in [-0.25, -0.2) is 4.79 Å². The number of nitrogens with zero attached hydrogens (tertiary/aromatic N) is 3. The first-order chi connectivity index (χ1) is 10.6. The molecule has 116 valence electrons. The van der Waals surface area contributed by atoms with Crippen molar-refractivity contribution in [2.24, 2.45) is 10.6 Å². The molecule has 0 spiro atoms. The second-order valence-corrected chi connectivity index (χ2v) is 4.97. The fourth-order valence-electron chi connectivity index (χ4n) is 2.25. The molecule has 2 rings (SSSR count). The van der Waals surface area contributed by atoms with Crippen LogP contribution in [-0.4, -0.2) is 48.6 Å². The Balaban J connectivity index is 2.03. The monoisotopic (exact) mass is 303 g/mol. The van der Waals surface area contributed by atoms with E-state index in [1.54, 1.807) is 0 Å². The predicted octanol–water partition coefficient (Wildman–Crippen LogP) is 1.14. The molecule has 1 N–H and O–H groups in total. The van der Waals surface area contributed by atoms with Crippen molar-refractivity contribution >= 4 is 11.8 Å². The number of hydrogen-bond acceptors (Lipinski definition) is 6. The standard InChI is InChI=1S/C15H17N3O4/c1-21-17-13-7-18(10-15(13,9-16)11-19)14(20)22-8-12-5-3-2-4-6-12/h2-6,19H,7-8,10-11H2,1H3. The van der Waals surface area contributed by atoms with Crippen molar-refractivity contribution in [3.8, 4) is 6.07 Å². The van der Waals surface area contributed by atoms with Gasteiger partial charge in [-0.2, -0.15) is 5.26 Å². The van der Waals surface area contributed by atoms with Gasteiger partial charge < -0.3 is 19.6 Å². The summed E-state index contributed by atoms with van der Waals surface area (Å²) in [7, 11) is 1.35. The van der Waals surface area contributed by atoms with Gasteiger partial charge in [0.05, 0.1) is 25.8 Å². The van der Waals surface area contributed by atoms with E-state index < -0.39 is 18.1 Å². The van der Waals surface area contributed by atoms with Gasteiger partial charge in [0.1, 0.15) is 24.8 Å². The number of nitriles is 1. The summed E-state index contributed by atoms with van der Waals surface area (Å²) in [5.74, 6) is 0. The minimum atomic E-state index is -1.23. The molecule has 1 aliphatic rings. The Morgan fingerprint density at radius 3 is 2.82 bits per heavy atom. The Labute approximate surface area is 128 Å². The molecular formula is C15H17N3O4. The molecule has 0 aliphatic carbocycles. The molecule has 7 heteroatoms. The second-order valence-electron chi connectivity index (χ2n) is 4.97. The summed E-state index contributed by atoms with van der Waals surface area (Å²) in [5.41, 5.74) is -0.0481. The van der Waals surface area contributed by atoms with Crippen molar-refractivity contribution in [1.29, 1.82) is 5.26 Å². The van der Waals surface area contributed by atoms with Gasteiger partial charge in [-0.15, -0.1) is 0 Å². The van der Waals surface area contributed by atoms with E-state index in [0.717, 1.165) is 5.56 Å². The molecule has 1 heterocycles. The number of carbonyl (C=O) groups is 1. The van der Waals surface area contributed by atoms with E-state index in [4.69, 9.17) is 4.74 Å². The van der Waals surface area contributed by atoms with Crippen molar-refractivity contribution in [2.45, 2.75) is 6.61 Å². The Bertz CT molecular complexity index is 597. The maximum atomic E-state index is 12.1. The van der Waals surface area contributed by atoms with Gasteiger partial charge in [-0.1, -0.05) is 35.5 Å². The van der Waals surface area contributed by atoms with E-state index in [-0.39, 0.29) is 19.7 Å². The summed E-state index contributed by atoms with van der Waals surface area (Å²) in [4.78, 5) is 18.1. The SMILES string of the molecule is CON=C1CN(C(=O)OCc2ccccc2)CC1(C#N)CO. The maximum Gasteiger partial charge on any atom is 0.410 e. The van der Waals surface area contributed by atoms with E-state index in [9.17, 15) is 15.2 Å². The second kappa shape index (κ2) is 6.91. The molecule has 1 saturated heterocycles. The average Bonchev–Trinajstić information content (AvgIpc) is 2.93. The number of likely N-dealkylation sites (tertiary alicyclic amines) is 1. The van der Waals surface area contributed by atoms with Crippen LogP contribution in [0.25, 0.3) is 0 Å². The van der Waals surface area contributed by atoms with Gasteiger partial charge in [0.15, 0.2) is 0 Å². The number of aliphatic hydroxyl groups is 1. The lowest BCUT2D eigenvalue weighted by molar-refractivity contribution is 0.0980. The minimum absolute atomic E-state index is 0.0236. The zero-order chi connectivity index (χ0) is 16.0. The highest BCUT2D eigenvalue weighted by Crippen LogP contribution is 2.28. The maximum absolute atomic E-state index is 12.1. The zero-order valence-electron chi connectivity index (χ0n) is 12.2. The molecule has 7 nitrogen and oxygen atoms in total. The Kier molecular flexibility index (Phi) is 4.96. The fraction of sp³-hybridized carbons (Fsp3) is 0.400. The largest absolute Gasteiger partial charge is 0.445 e. The molecule has 0 bridgehead atoms. The molecule has 0 radical (unpaired) electrons. The van der Waals surface area contributed by atoms with Crippen LogP contribution in [0, 0.1) is 16.7 Å². The van der Waals surface area contributed by atoms with Crippen molar-refractivity contribution < 1.29 is 19.5 Å². The number of carbonyl (C=O) groups excluding carboxylic acids is 1. The Morgan fingerprint density at radius 2 is 2.23 bits per heavy atom. The lowest BCUT2D eigenvalue weighted by Gasteiger charge is -2.18. The molecule has 0 aromatic heterocycles. The average molecular weight is 303 g/mol. The molecule has 22 heavy (non-hydrogen) atoms. The lowest BCUT2D eigenvalue weighted by Crippen LogP contribution is -2.35. The summed E-state index contributed by atoms with van der Waals surface area (Å²) in [6, 6.07) is 11.3. The van der Waals surface area contributed by atoms with E-state index in [0.29, 0.717) is 5.71 Å². The van der Waals surface area contributed by atoms with Gasteiger partial charge in [0, 0.05) is 0 Å². The van der Waals surface area contributed by atoms with Crippen molar-refractivity contribution in [3.05, 3.63) is 35.9 Å². The quantitative estimate of drug-likeness (QED) is 0.842. The summed E-state index contributed by atoms with van der Waals surface area (Å²) in [6.07, 6.45) is -0.557. The lowest BCUT2D eigenvalue weighted by atomic mass is 9.88. The van der Waals surface area contributed by atoms with Crippen LogP contribution in [0.1, 0.15) is 5.56 Å². The molecule has 1 aromatic rings. The van der Waals surface area contributed by atoms with Gasteiger partial charge in [0.25, 0.3) is 0 Å². The van der Waals surface area contributed by atoms with Gasteiger partial charge in [-0.3, -0.25) is 0 Å². The third kappa shape index (κ3) is 3.18. The first kappa shape index (κ1) is 15.8. The smallest absolute Gasteiger partial charge is 0.410 e. The molecule has 1 fully saturated rings. The highest BCUT2D eigenvalue weighted by atomic mass is 16.6. The van der Waals surface area contributed by atoms with Crippen LogP contribution in [0.2, 0.25) is 0 Å². The van der Waals surface area contributed by atoms with Crippen LogP contribution >= 0.6 is 0 Å². The zero-order valence-corrected chi connectivity index (χ0v) is 12.2. The first-order valence-corrected chi connectivity index (χ1v) is 6.73. The number of aliphatic hydroxyl groups excluding tert-OH is 1. The van der Waals surface area contributed by atoms with Crippen LogP contribution in [0.4, 0.5) is 4.79 Å². The van der Waals surface area contributed by atoms with Crippen LogP contribution in [0.5, 0.6) is 0 Å². The third-order valence-electron chi connectivity index (χ3n) is 3.50. The first-order valence-electron chi connectivity index (χ1n) is 6.73. The number of oxime groups is 1. The van der Waals surface area contributed by atoms with E-state index in [1.807, 2.05) is 36.4 Å². The molecular weight excluding hydrogens is 286 g/mol. The molecule has 1 unspecified atom stereocenters. The molecule has 1 aliphatic heterocycles. The summed E-state index contributed by atoms with van der Waals surface area (Å²) in [6.45, 7) is -0.175. The van der Waals surface area contributed by atoms with Gasteiger partial charge in [-0.05, 0) is 5.56 Å². The highest BCUT2D eigenvalue weighted by molar-refractivity contribution is 5.98. The van der Waals surface area contributed by atoms with Gasteiger partial charge in [0.2, 0.25) is 0 Å². The van der Waals surface area contributed by atoms with Crippen LogP contribution < -0.4 is 0 Å². The van der Waals surface area contributed by atoms with E-state index in [1.165, 1.54) is 12.0 Å². The summed E-state index contributed by atoms with van der Waals surface area (Å²) >= 11 is 0. The van der Waals surface area contributed by atoms with Crippen LogP contribution in [0.15, 0.2) is 35.5 Å². The molecule has 1 atom stereocenters. The predicted molar refractivity (Wildman–Crippen MR) is 77.8 cm³/mol. The van der Waals surface area contributed by atoms with Crippen molar-refractivity contribution in [1.82, 2.24) is 4.90 Å². The normalized spacial score (nSPS) is 22.4. The summed E-state index contributed by atoms with van der Waals surface area (Å²) in [5, 5.41) is 22.5. The Hall–Kier alpha value is -2.59. The van der Waals surface area contributed by atoms with Crippen LogP contribution in [0.3, 0.4) is 0 Å². The number of rotatable bonds is 4. The third-order valence-corrected chi connectivity index (χ3v) is 3.50. The Morgan fingerprint density at radius 1 is 1.50 bits per heavy atom. The molecule has 0 saturated carbocycles. The topological polar surface area (TPSA) is 95.1 Å². The van der Waals surface area contributed by atoms with E-state index >= 15 is 0 Å². The number of ether oxygens (including phenoxy) is 1. The summed E-state index contributed by atoms with van der Waals surface area (Å²) < 4.78 is 5.22. The van der Waals surface area contributed by atoms with Gasteiger partial charge >= 0.3 is 6.09 Å². The van der Waals surface area contributed by atoms with E-state index in [2.05, 4.69) is 9.99 Å².